The van der Waals surface area contributed by atoms with Crippen LogP contribution in [0.15, 0.2) is 49.7 Å². The van der Waals surface area contributed by atoms with Gasteiger partial charge in [-0.05, 0) is 43.1 Å². The Morgan fingerprint density at radius 1 is 1.32 bits per heavy atom. The second kappa shape index (κ2) is 9.11. The van der Waals surface area contributed by atoms with Crippen molar-refractivity contribution < 1.29 is 0 Å². The third kappa shape index (κ3) is 5.08. The molecule has 0 aliphatic carbocycles. The molecule has 0 heterocycles. The van der Waals surface area contributed by atoms with Gasteiger partial charge in [0.25, 0.3) is 0 Å². The molecule has 1 atom stereocenters. The summed E-state index contributed by atoms with van der Waals surface area (Å²) in [6.07, 6.45) is 5.88. The number of anilines is 1. The Morgan fingerprint density at radius 3 is 2.59 bits per heavy atom. The molecule has 0 aromatic heterocycles. The van der Waals surface area contributed by atoms with Gasteiger partial charge in [0.2, 0.25) is 0 Å². The Kier molecular flexibility index (Phi) is 7.47. The summed E-state index contributed by atoms with van der Waals surface area (Å²) in [6, 6.07) is 6.68. The SMILES string of the molecule is C=Cc1ccc(NC)cc1CN(C)C(C=C)CCC(=C)NC. The third-order valence-electron chi connectivity index (χ3n) is 4.00. The Morgan fingerprint density at radius 2 is 2.05 bits per heavy atom. The molecule has 0 saturated carbocycles. The molecule has 0 aliphatic rings. The lowest BCUT2D eigenvalue weighted by Crippen LogP contribution is -2.30. The molecule has 1 aromatic rings. The molecule has 1 unspecified atom stereocenters. The predicted molar refractivity (Wildman–Crippen MR) is 99.0 cm³/mol. The molecule has 0 saturated heterocycles. The molecule has 3 nitrogen and oxygen atoms in total. The molecular formula is C19H29N3. The van der Waals surface area contributed by atoms with E-state index in [9.17, 15) is 0 Å². The van der Waals surface area contributed by atoms with Crippen molar-refractivity contribution in [3.8, 4) is 0 Å². The van der Waals surface area contributed by atoms with E-state index < -0.39 is 0 Å². The molecule has 3 heteroatoms. The second-order valence-corrected chi connectivity index (χ2v) is 5.48. The molecule has 1 aromatic carbocycles. The van der Waals surface area contributed by atoms with Crippen molar-refractivity contribution >= 4 is 11.8 Å². The molecule has 0 radical (unpaired) electrons. The molecule has 1 rings (SSSR count). The molecule has 0 spiro atoms. The standard InChI is InChI=1S/C19H29N3/c1-7-16-10-11-18(21-5)13-17(16)14-22(6)19(8-2)12-9-15(3)20-4/h7-8,10-11,13,19-21H,1-3,9,12,14H2,4-6H3. The summed E-state index contributed by atoms with van der Waals surface area (Å²) < 4.78 is 0. The van der Waals surface area contributed by atoms with Gasteiger partial charge in [-0.25, -0.2) is 0 Å². The lowest BCUT2D eigenvalue weighted by atomic mass is 10.0. The van der Waals surface area contributed by atoms with E-state index in [-0.39, 0.29) is 0 Å². The molecule has 22 heavy (non-hydrogen) atoms. The van der Waals surface area contributed by atoms with Crippen LogP contribution < -0.4 is 10.6 Å². The van der Waals surface area contributed by atoms with Crippen LogP contribution in [-0.2, 0) is 6.54 Å². The van der Waals surface area contributed by atoms with Gasteiger partial charge in [0, 0.05) is 38.1 Å². The summed E-state index contributed by atoms with van der Waals surface area (Å²) in [7, 11) is 5.98. The number of likely N-dealkylation sites (N-methyl/N-ethyl adjacent to an activating group) is 1. The molecule has 2 N–H and O–H groups in total. The Balaban J connectivity index is 2.80. The average molecular weight is 299 g/mol. The van der Waals surface area contributed by atoms with Crippen molar-refractivity contribution in [2.24, 2.45) is 0 Å². The van der Waals surface area contributed by atoms with E-state index in [2.05, 4.69) is 60.5 Å². The topological polar surface area (TPSA) is 27.3 Å². The van der Waals surface area contributed by atoms with Crippen molar-refractivity contribution in [1.29, 1.82) is 0 Å². The van der Waals surface area contributed by atoms with Crippen LogP contribution in [0.2, 0.25) is 0 Å². The Bertz CT molecular complexity index is 519. The van der Waals surface area contributed by atoms with Gasteiger partial charge in [-0.1, -0.05) is 31.4 Å². The summed E-state index contributed by atoms with van der Waals surface area (Å²) >= 11 is 0. The fraction of sp³-hybridized carbons (Fsp3) is 0.368. The summed E-state index contributed by atoms with van der Waals surface area (Å²) in [4.78, 5) is 2.32. The van der Waals surface area contributed by atoms with Crippen LogP contribution >= 0.6 is 0 Å². The number of benzene rings is 1. The van der Waals surface area contributed by atoms with E-state index in [4.69, 9.17) is 0 Å². The van der Waals surface area contributed by atoms with Gasteiger partial charge in [-0.2, -0.15) is 0 Å². The minimum absolute atomic E-state index is 0.320. The fourth-order valence-corrected chi connectivity index (χ4v) is 2.45. The normalized spacial score (nSPS) is 11.8. The van der Waals surface area contributed by atoms with E-state index >= 15 is 0 Å². The van der Waals surface area contributed by atoms with Crippen LogP contribution in [0.5, 0.6) is 0 Å². The summed E-state index contributed by atoms with van der Waals surface area (Å²) in [5.41, 5.74) is 4.62. The number of hydrogen-bond donors (Lipinski definition) is 2. The first kappa shape index (κ1) is 18.1. The highest BCUT2D eigenvalue weighted by Crippen LogP contribution is 2.20. The zero-order chi connectivity index (χ0) is 16.5. The smallest absolute Gasteiger partial charge is 0.0341 e. The molecule has 0 aliphatic heterocycles. The first-order chi connectivity index (χ1) is 10.5. The van der Waals surface area contributed by atoms with E-state index in [0.29, 0.717) is 6.04 Å². The highest BCUT2D eigenvalue weighted by atomic mass is 15.1. The van der Waals surface area contributed by atoms with Gasteiger partial charge in [-0.15, -0.1) is 6.58 Å². The van der Waals surface area contributed by atoms with Gasteiger partial charge >= 0.3 is 0 Å². The number of nitrogens with one attached hydrogen (secondary N) is 2. The van der Waals surface area contributed by atoms with Crippen LogP contribution in [0.25, 0.3) is 6.08 Å². The predicted octanol–water partition coefficient (Wildman–Crippen LogP) is 3.87. The van der Waals surface area contributed by atoms with Gasteiger partial charge < -0.3 is 10.6 Å². The quantitative estimate of drug-likeness (QED) is 0.642. The van der Waals surface area contributed by atoms with Crippen molar-refractivity contribution in [1.82, 2.24) is 10.2 Å². The van der Waals surface area contributed by atoms with Crippen LogP contribution in [0.1, 0.15) is 24.0 Å². The number of allylic oxidation sites excluding steroid dienone is 1. The lowest BCUT2D eigenvalue weighted by Gasteiger charge is -2.26. The number of hydrogen-bond acceptors (Lipinski definition) is 3. The Labute approximate surface area is 135 Å². The minimum Gasteiger partial charge on any atom is -0.392 e. The van der Waals surface area contributed by atoms with Gasteiger partial charge in [0.1, 0.15) is 0 Å². The largest absolute Gasteiger partial charge is 0.392 e. The molecule has 0 bridgehead atoms. The maximum absolute atomic E-state index is 3.99. The summed E-state index contributed by atoms with van der Waals surface area (Å²) in [5, 5.41) is 6.29. The maximum Gasteiger partial charge on any atom is 0.0341 e. The van der Waals surface area contributed by atoms with E-state index in [1.54, 1.807) is 0 Å². The molecule has 0 fully saturated rings. The second-order valence-electron chi connectivity index (χ2n) is 5.48. The highest BCUT2D eigenvalue weighted by Gasteiger charge is 2.13. The zero-order valence-corrected chi connectivity index (χ0v) is 14.2. The van der Waals surface area contributed by atoms with Crippen molar-refractivity contribution in [2.45, 2.75) is 25.4 Å². The lowest BCUT2D eigenvalue weighted by molar-refractivity contribution is 0.262. The molecular weight excluding hydrogens is 270 g/mol. The van der Waals surface area contributed by atoms with E-state index in [0.717, 1.165) is 30.8 Å². The van der Waals surface area contributed by atoms with Crippen LogP contribution in [-0.4, -0.2) is 32.1 Å². The summed E-state index contributed by atoms with van der Waals surface area (Å²) in [6.45, 7) is 12.7. The number of rotatable bonds is 10. The number of nitrogens with zero attached hydrogens (tertiary/aromatic N) is 1. The van der Waals surface area contributed by atoms with Gasteiger partial charge in [-0.3, -0.25) is 4.90 Å². The maximum atomic E-state index is 3.99. The van der Waals surface area contributed by atoms with Gasteiger partial charge in [0.05, 0.1) is 0 Å². The van der Waals surface area contributed by atoms with Crippen molar-refractivity contribution in [2.75, 3.05) is 26.5 Å². The molecule has 120 valence electrons. The first-order valence-corrected chi connectivity index (χ1v) is 7.67. The summed E-state index contributed by atoms with van der Waals surface area (Å²) in [5.74, 6) is 0. The monoisotopic (exact) mass is 299 g/mol. The highest BCUT2D eigenvalue weighted by molar-refractivity contribution is 5.58. The van der Waals surface area contributed by atoms with Crippen LogP contribution in [0.4, 0.5) is 5.69 Å². The van der Waals surface area contributed by atoms with Crippen LogP contribution in [0, 0.1) is 0 Å². The third-order valence-corrected chi connectivity index (χ3v) is 4.00. The minimum atomic E-state index is 0.320. The first-order valence-electron chi connectivity index (χ1n) is 7.67. The van der Waals surface area contributed by atoms with E-state index in [1.165, 1.54) is 11.1 Å². The van der Waals surface area contributed by atoms with Crippen molar-refractivity contribution in [3.63, 3.8) is 0 Å². The Hall–Kier alpha value is -2.00. The molecule has 0 amide bonds. The van der Waals surface area contributed by atoms with Crippen molar-refractivity contribution in [3.05, 3.63) is 60.8 Å². The van der Waals surface area contributed by atoms with Crippen LogP contribution in [0.3, 0.4) is 0 Å². The fourth-order valence-electron chi connectivity index (χ4n) is 2.45. The zero-order valence-electron chi connectivity index (χ0n) is 14.2. The van der Waals surface area contributed by atoms with Gasteiger partial charge in [0.15, 0.2) is 0 Å². The average Bonchev–Trinajstić information content (AvgIpc) is 2.54. The van der Waals surface area contributed by atoms with E-state index in [1.807, 2.05) is 26.2 Å².